The number of hydrogen-bond donors (Lipinski definition) is 2. The molecule has 8 heteroatoms. The van der Waals surface area contributed by atoms with Gasteiger partial charge in [-0.1, -0.05) is 42.5 Å². The molecule has 2 aromatic heterocycles. The fourth-order valence-electron chi connectivity index (χ4n) is 5.27. The Morgan fingerprint density at radius 3 is 2.45 bits per heavy atom. The van der Waals surface area contributed by atoms with Crippen molar-refractivity contribution < 1.29 is 0 Å². The maximum absolute atomic E-state index is 4.75. The number of hydrogen-bond acceptors (Lipinski definition) is 7. The molecule has 1 saturated heterocycles. The maximum atomic E-state index is 4.75. The molecule has 1 aliphatic rings. The number of piperazine rings is 1. The third kappa shape index (κ3) is 6.84. The molecule has 3 aromatic carbocycles. The molecule has 0 bridgehead atoms. The highest BCUT2D eigenvalue weighted by Crippen LogP contribution is 2.25. The van der Waals surface area contributed by atoms with Crippen molar-refractivity contribution in [1.29, 1.82) is 0 Å². The van der Waals surface area contributed by atoms with E-state index in [1.807, 2.05) is 37.5 Å². The van der Waals surface area contributed by atoms with Gasteiger partial charge in [0.2, 0.25) is 5.95 Å². The first kappa shape index (κ1) is 27.6. The van der Waals surface area contributed by atoms with E-state index < -0.39 is 0 Å². The molecule has 42 heavy (non-hydrogen) atoms. The van der Waals surface area contributed by atoms with Crippen LogP contribution in [0.1, 0.15) is 22.4 Å². The summed E-state index contributed by atoms with van der Waals surface area (Å²) in [7, 11) is 2.20. The third-order valence-corrected chi connectivity index (χ3v) is 7.76. The number of aromatic nitrogens is 4. The van der Waals surface area contributed by atoms with Crippen LogP contribution >= 0.6 is 0 Å². The summed E-state index contributed by atoms with van der Waals surface area (Å²) in [4.78, 5) is 18.6. The molecule has 0 spiro atoms. The van der Waals surface area contributed by atoms with E-state index in [9.17, 15) is 0 Å². The first-order valence-corrected chi connectivity index (χ1v) is 14.5. The molecule has 8 nitrogen and oxygen atoms in total. The highest BCUT2D eigenvalue weighted by molar-refractivity contribution is 5.64. The van der Waals surface area contributed by atoms with Crippen LogP contribution in [0.25, 0.3) is 16.9 Å². The summed E-state index contributed by atoms with van der Waals surface area (Å²) in [6.45, 7) is 10.1. The van der Waals surface area contributed by atoms with E-state index in [1.54, 1.807) is 6.20 Å². The van der Waals surface area contributed by atoms with Gasteiger partial charge >= 0.3 is 0 Å². The Morgan fingerprint density at radius 1 is 0.833 bits per heavy atom. The highest BCUT2D eigenvalue weighted by Gasteiger charge is 2.15. The van der Waals surface area contributed by atoms with Gasteiger partial charge in [0.1, 0.15) is 0 Å². The van der Waals surface area contributed by atoms with Gasteiger partial charge < -0.3 is 20.1 Å². The van der Waals surface area contributed by atoms with E-state index >= 15 is 0 Å². The summed E-state index contributed by atoms with van der Waals surface area (Å²) in [6, 6.07) is 25.4. The lowest BCUT2D eigenvalue weighted by Crippen LogP contribution is -2.43. The Balaban J connectivity index is 1.19. The van der Waals surface area contributed by atoms with Gasteiger partial charge in [-0.05, 0) is 67.9 Å². The fourth-order valence-corrected chi connectivity index (χ4v) is 5.27. The summed E-state index contributed by atoms with van der Waals surface area (Å²) in [6.07, 6.45) is 5.76. The van der Waals surface area contributed by atoms with E-state index in [0.29, 0.717) is 12.5 Å². The summed E-state index contributed by atoms with van der Waals surface area (Å²) >= 11 is 0. The van der Waals surface area contributed by atoms with Crippen LogP contribution in [0, 0.1) is 13.8 Å². The van der Waals surface area contributed by atoms with Gasteiger partial charge in [-0.15, -0.1) is 0 Å². The Labute approximate surface area is 248 Å². The minimum atomic E-state index is 0.585. The van der Waals surface area contributed by atoms with Crippen LogP contribution in [0.2, 0.25) is 0 Å². The highest BCUT2D eigenvalue weighted by atomic mass is 15.2. The van der Waals surface area contributed by atoms with Gasteiger partial charge in [-0.3, -0.25) is 4.90 Å². The smallest absolute Gasteiger partial charge is 0.227 e. The van der Waals surface area contributed by atoms with Crippen molar-refractivity contribution in [2.24, 2.45) is 0 Å². The van der Waals surface area contributed by atoms with E-state index in [1.165, 1.54) is 11.1 Å². The average Bonchev–Trinajstić information content (AvgIpc) is 3.45. The molecule has 3 heterocycles. The van der Waals surface area contributed by atoms with Crippen molar-refractivity contribution in [3.8, 4) is 16.9 Å². The molecule has 2 N–H and O–H groups in total. The molecule has 0 atom stereocenters. The SMILES string of the molecule is Cc1cn(-c2cc(CN3CCN(C)CC3)cc(NCc3ccc(C)c(Nc4nccc(-c5ccccc5)n4)c3)c2)cn1. The summed E-state index contributed by atoms with van der Waals surface area (Å²) < 4.78 is 2.10. The molecule has 1 aliphatic heterocycles. The van der Waals surface area contributed by atoms with Gasteiger partial charge in [0, 0.05) is 74.3 Å². The Kier molecular flexibility index (Phi) is 8.26. The molecule has 0 aliphatic carbocycles. The number of aryl methyl sites for hydroxylation is 2. The van der Waals surface area contributed by atoms with Crippen LogP contribution in [0.3, 0.4) is 0 Å². The van der Waals surface area contributed by atoms with E-state index in [-0.39, 0.29) is 0 Å². The normalized spacial score (nSPS) is 14.2. The second kappa shape index (κ2) is 12.5. The second-order valence-electron chi connectivity index (χ2n) is 11.1. The number of rotatable bonds is 9. The largest absolute Gasteiger partial charge is 0.381 e. The Hall–Kier alpha value is -4.53. The quantitative estimate of drug-likeness (QED) is 0.228. The molecule has 0 radical (unpaired) electrons. The minimum absolute atomic E-state index is 0.585. The van der Waals surface area contributed by atoms with Crippen molar-refractivity contribution >= 4 is 17.3 Å². The number of anilines is 3. The van der Waals surface area contributed by atoms with Crippen molar-refractivity contribution in [1.82, 2.24) is 29.3 Å². The van der Waals surface area contributed by atoms with Crippen molar-refractivity contribution in [2.75, 3.05) is 43.9 Å². The lowest BCUT2D eigenvalue weighted by atomic mass is 10.1. The molecular formula is C34H38N8. The number of benzene rings is 3. The molecule has 0 unspecified atom stereocenters. The van der Waals surface area contributed by atoms with E-state index in [2.05, 4.69) is 104 Å². The van der Waals surface area contributed by atoms with Crippen LogP contribution in [-0.2, 0) is 13.1 Å². The Bertz CT molecular complexity index is 1640. The standard InChI is InChI=1S/C34H38N8/c1-25-9-10-27(19-33(25)39-34-35-12-11-32(38-34)29-7-5-4-6-8-29)21-36-30-17-28(23-41-15-13-40(3)14-16-41)18-31(20-30)42-22-26(2)37-24-42/h4-12,17-20,22,24,36H,13-16,21,23H2,1-3H3,(H,35,38,39). The van der Waals surface area contributed by atoms with Crippen LogP contribution in [-0.4, -0.2) is 62.5 Å². The summed E-state index contributed by atoms with van der Waals surface area (Å²) in [5.41, 5.74) is 9.79. The zero-order valence-corrected chi connectivity index (χ0v) is 24.6. The average molecular weight is 559 g/mol. The number of imidazole rings is 1. The predicted molar refractivity (Wildman–Crippen MR) is 170 cm³/mol. The number of likely N-dealkylation sites (N-methyl/N-ethyl adjacent to an activating group) is 1. The molecule has 214 valence electrons. The maximum Gasteiger partial charge on any atom is 0.227 e. The summed E-state index contributed by atoms with van der Waals surface area (Å²) in [5.74, 6) is 0.585. The number of nitrogens with zero attached hydrogens (tertiary/aromatic N) is 6. The first-order valence-electron chi connectivity index (χ1n) is 14.5. The monoisotopic (exact) mass is 558 g/mol. The van der Waals surface area contributed by atoms with Crippen molar-refractivity contribution in [3.05, 3.63) is 114 Å². The van der Waals surface area contributed by atoms with Crippen LogP contribution in [0.4, 0.5) is 17.3 Å². The van der Waals surface area contributed by atoms with Gasteiger partial charge in [-0.25, -0.2) is 15.0 Å². The van der Waals surface area contributed by atoms with E-state index in [4.69, 9.17) is 4.98 Å². The fraction of sp³-hybridized carbons (Fsp3) is 0.265. The van der Waals surface area contributed by atoms with Crippen LogP contribution < -0.4 is 10.6 Å². The lowest BCUT2D eigenvalue weighted by molar-refractivity contribution is 0.148. The Morgan fingerprint density at radius 2 is 1.67 bits per heavy atom. The number of nitrogens with one attached hydrogen (secondary N) is 2. The van der Waals surface area contributed by atoms with Crippen molar-refractivity contribution in [3.63, 3.8) is 0 Å². The van der Waals surface area contributed by atoms with Crippen LogP contribution in [0.15, 0.2) is 91.5 Å². The minimum Gasteiger partial charge on any atom is -0.381 e. The van der Waals surface area contributed by atoms with Gasteiger partial charge in [0.25, 0.3) is 0 Å². The summed E-state index contributed by atoms with van der Waals surface area (Å²) in [5, 5.41) is 7.13. The first-order chi connectivity index (χ1) is 20.5. The molecule has 0 amide bonds. The van der Waals surface area contributed by atoms with E-state index in [0.717, 1.165) is 72.3 Å². The third-order valence-electron chi connectivity index (χ3n) is 7.76. The van der Waals surface area contributed by atoms with Crippen LogP contribution in [0.5, 0.6) is 0 Å². The van der Waals surface area contributed by atoms with Gasteiger partial charge in [-0.2, -0.15) is 0 Å². The molecular weight excluding hydrogens is 520 g/mol. The van der Waals surface area contributed by atoms with Crippen molar-refractivity contribution in [2.45, 2.75) is 26.9 Å². The zero-order chi connectivity index (χ0) is 28.9. The molecule has 6 rings (SSSR count). The zero-order valence-electron chi connectivity index (χ0n) is 24.6. The molecule has 0 saturated carbocycles. The molecule has 1 fully saturated rings. The second-order valence-corrected chi connectivity index (χ2v) is 11.1. The topological polar surface area (TPSA) is 74.1 Å². The van der Waals surface area contributed by atoms with Gasteiger partial charge in [0.05, 0.1) is 17.7 Å². The lowest BCUT2D eigenvalue weighted by Gasteiger charge is -2.32. The molecule has 5 aromatic rings. The van der Waals surface area contributed by atoms with Gasteiger partial charge in [0.15, 0.2) is 0 Å². The predicted octanol–water partition coefficient (Wildman–Crippen LogP) is 6.05.